The van der Waals surface area contributed by atoms with E-state index in [1.54, 1.807) is 0 Å². The average molecular weight is 300 g/mol. The van der Waals surface area contributed by atoms with Gasteiger partial charge in [0.05, 0.1) is 11.5 Å². The number of sulfone groups is 1. The molecule has 108 valence electrons. The summed E-state index contributed by atoms with van der Waals surface area (Å²) in [5.41, 5.74) is 0.385. The summed E-state index contributed by atoms with van der Waals surface area (Å²) in [4.78, 5) is 10.4. The Balaban J connectivity index is 2.09. The van der Waals surface area contributed by atoms with Crippen molar-refractivity contribution in [3.05, 3.63) is 35.7 Å². The molecule has 1 unspecified atom stereocenters. The second-order valence-electron chi connectivity index (χ2n) is 4.50. The van der Waals surface area contributed by atoms with E-state index in [-0.39, 0.29) is 17.3 Å². The highest BCUT2D eigenvalue weighted by Crippen LogP contribution is 2.24. The Morgan fingerprint density at radius 3 is 2.75 bits per heavy atom. The first-order valence-electron chi connectivity index (χ1n) is 5.93. The van der Waals surface area contributed by atoms with Gasteiger partial charge in [0, 0.05) is 6.08 Å². The van der Waals surface area contributed by atoms with E-state index in [0.29, 0.717) is 12.0 Å². The molecule has 1 aromatic rings. The Morgan fingerprint density at radius 2 is 2.20 bits per heavy atom. The Bertz CT molecular complexity index is 651. The molecule has 0 amide bonds. The summed E-state index contributed by atoms with van der Waals surface area (Å²) >= 11 is 0. The Kier molecular flexibility index (Phi) is 4.08. The van der Waals surface area contributed by atoms with Gasteiger partial charge < -0.3 is 9.84 Å². The fraction of sp³-hybridized carbons (Fsp3) is 0.308. The molecule has 5 nitrogen and oxygen atoms in total. The molecular formula is C13H13FO5S. The van der Waals surface area contributed by atoms with Gasteiger partial charge in [0.15, 0.2) is 21.4 Å². The van der Waals surface area contributed by atoms with Gasteiger partial charge in [-0.25, -0.2) is 17.6 Å². The predicted molar refractivity (Wildman–Crippen MR) is 70.8 cm³/mol. The first-order valence-corrected chi connectivity index (χ1v) is 7.75. The third-order valence-corrected chi connectivity index (χ3v) is 4.60. The van der Waals surface area contributed by atoms with Gasteiger partial charge in [-0.15, -0.1) is 0 Å². The molecule has 1 aliphatic heterocycles. The van der Waals surface area contributed by atoms with Crippen LogP contribution in [-0.2, 0) is 14.6 Å². The highest BCUT2D eigenvalue weighted by atomic mass is 32.2. The van der Waals surface area contributed by atoms with E-state index in [1.807, 2.05) is 0 Å². The summed E-state index contributed by atoms with van der Waals surface area (Å²) in [5, 5.41) is 8.48. The second-order valence-corrected chi connectivity index (χ2v) is 6.73. The number of ether oxygens (including phenoxy) is 1. The first-order chi connectivity index (χ1) is 9.35. The molecule has 1 saturated heterocycles. The lowest BCUT2D eigenvalue weighted by atomic mass is 10.2. The molecule has 0 aromatic heterocycles. The number of halogens is 1. The molecular weight excluding hydrogens is 287 g/mol. The largest absolute Gasteiger partial charge is 0.486 e. The minimum Gasteiger partial charge on any atom is -0.486 e. The standard InChI is InChI=1S/C13H13FO5S/c14-11-7-9(2-4-13(15)16)1-3-12(11)19-10-5-6-20(17,18)8-10/h1-4,7,10H,5-6,8H2,(H,15,16)/b4-2+. The molecule has 1 aliphatic rings. The van der Waals surface area contributed by atoms with Gasteiger partial charge in [-0.05, 0) is 30.2 Å². The van der Waals surface area contributed by atoms with Gasteiger partial charge in [-0.2, -0.15) is 0 Å². The number of rotatable bonds is 4. The highest BCUT2D eigenvalue weighted by Gasteiger charge is 2.29. The van der Waals surface area contributed by atoms with E-state index >= 15 is 0 Å². The minimum absolute atomic E-state index is 0.0282. The Labute approximate surface area is 115 Å². The predicted octanol–water partition coefficient (Wildman–Crippen LogP) is 1.49. The fourth-order valence-corrected chi connectivity index (χ4v) is 3.51. The second kappa shape index (κ2) is 5.62. The number of carboxylic acids is 1. The lowest BCUT2D eigenvalue weighted by Gasteiger charge is -2.12. The van der Waals surface area contributed by atoms with Crippen LogP contribution in [0.1, 0.15) is 12.0 Å². The van der Waals surface area contributed by atoms with Crippen LogP contribution in [0.15, 0.2) is 24.3 Å². The monoisotopic (exact) mass is 300 g/mol. The maximum Gasteiger partial charge on any atom is 0.328 e. The van der Waals surface area contributed by atoms with Crippen molar-refractivity contribution < 1.29 is 27.4 Å². The van der Waals surface area contributed by atoms with E-state index in [9.17, 15) is 17.6 Å². The van der Waals surface area contributed by atoms with E-state index in [2.05, 4.69) is 0 Å². The van der Waals surface area contributed by atoms with Crippen LogP contribution in [0, 0.1) is 5.82 Å². The first kappa shape index (κ1) is 14.5. The minimum atomic E-state index is -3.08. The van der Waals surface area contributed by atoms with Crippen molar-refractivity contribution in [3.63, 3.8) is 0 Å². The summed E-state index contributed by atoms with van der Waals surface area (Å²) in [6, 6.07) is 4.00. The lowest BCUT2D eigenvalue weighted by Crippen LogP contribution is -2.18. The fourth-order valence-electron chi connectivity index (χ4n) is 1.92. The van der Waals surface area contributed by atoms with Crippen LogP contribution < -0.4 is 4.74 Å². The normalized spacial score (nSPS) is 21.1. The molecule has 0 aliphatic carbocycles. The molecule has 1 N–H and O–H groups in total. The van der Waals surface area contributed by atoms with Crippen molar-refractivity contribution in [1.82, 2.24) is 0 Å². The number of hydrogen-bond acceptors (Lipinski definition) is 4. The maximum atomic E-state index is 13.8. The van der Waals surface area contributed by atoms with Crippen LogP contribution in [-0.4, -0.2) is 37.1 Å². The van der Waals surface area contributed by atoms with Gasteiger partial charge in [-0.1, -0.05) is 6.07 Å². The molecule has 1 atom stereocenters. The summed E-state index contributed by atoms with van der Waals surface area (Å²) in [6.07, 6.45) is 1.98. The average Bonchev–Trinajstić information content (AvgIpc) is 2.69. The summed E-state index contributed by atoms with van der Waals surface area (Å²) in [6.45, 7) is 0. The molecule has 7 heteroatoms. The van der Waals surface area contributed by atoms with Crippen LogP contribution in [0.25, 0.3) is 6.08 Å². The third-order valence-electron chi connectivity index (χ3n) is 2.86. The number of hydrogen-bond donors (Lipinski definition) is 1. The molecule has 0 radical (unpaired) electrons. The summed E-state index contributed by atoms with van der Waals surface area (Å²) < 4.78 is 41.7. The van der Waals surface area contributed by atoms with Gasteiger partial charge in [0.1, 0.15) is 6.10 Å². The Morgan fingerprint density at radius 1 is 1.45 bits per heavy atom. The zero-order valence-corrected chi connectivity index (χ0v) is 11.3. The number of aliphatic carboxylic acids is 1. The number of benzene rings is 1. The van der Waals surface area contributed by atoms with E-state index < -0.39 is 27.7 Å². The van der Waals surface area contributed by atoms with E-state index in [4.69, 9.17) is 9.84 Å². The van der Waals surface area contributed by atoms with E-state index in [0.717, 1.165) is 12.1 Å². The highest BCUT2D eigenvalue weighted by molar-refractivity contribution is 7.91. The molecule has 1 fully saturated rings. The van der Waals surface area contributed by atoms with Gasteiger partial charge in [0.2, 0.25) is 0 Å². The van der Waals surface area contributed by atoms with Crippen LogP contribution in [0.2, 0.25) is 0 Å². The van der Waals surface area contributed by atoms with Crippen molar-refractivity contribution in [1.29, 1.82) is 0 Å². The summed E-state index contributed by atoms with van der Waals surface area (Å²) in [5.74, 6) is -1.85. The topological polar surface area (TPSA) is 80.7 Å². The SMILES string of the molecule is O=C(O)/C=C/c1ccc(OC2CCS(=O)(=O)C2)c(F)c1. The van der Waals surface area contributed by atoms with Crippen LogP contribution in [0.4, 0.5) is 4.39 Å². The zero-order valence-electron chi connectivity index (χ0n) is 10.5. The molecule has 2 rings (SSSR count). The molecule has 20 heavy (non-hydrogen) atoms. The lowest BCUT2D eigenvalue weighted by molar-refractivity contribution is -0.131. The quantitative estimate of drug-likeness (QED) is 0.852. The van der Waals surface area contributed by atoms with Crippen LogP contribution >= 0.6 is 0 Å². The maximum absolute atomic E-state index is 13.8. The zero-order chi connectivity index (χ0) is 14.8. The van der Waals surface area contributed by atoms with Crippen molar-refractivity contribution in [2.45, 2.75) is 12.5 Å². The molecule has 0 saturated carbocycles. The van der Waals surface area contributed by atoms with Crippen molar-refractivity contribution in [2.75, 3.05) is 11.5 Å². The molecule has 0 bridgehead atoms. The summed E-state index contributed by atoms with van der Waals surface area (Å²) in [7, 11) is -3.08. The Hall–Kier alpha value is -1.89. The van der Waals surface area contributed by atoms with Crippen molar-refractivity contribution in [2.24, 2.45) is 0 Å². The molecule has 1 aromatic carbocycles. The third kappa shape index (κ3) is 3.80. The van der Waals surface area contributed by atoms with Crippen LogP contribution in [0.3, 0.4) is 0 Å². The number of carboxylic acid groups (broad SMARTS) is 1. The molecule has 1 heterocycles. The van der Waals surface area contributed by atoms with Crippen molar-refractivity contribution in [3.8, 4) is 5.75 Å². The van der Waals surface area contributed by atoms with Crippen molar-refractivity contribution >= 4 is 21.9 Å². The van der Waals surface area contributed by atoms with Gasteiger partial charge in [-0.3, -0.25) is 0 Å². The molecule has 0 spiro atoms. The van der Waals surface area contributed by atoms with Gasteiger partial charge in [0.25, 0.3) is 0 Å². The van der Waals surface area contributed by atoms with Crippen LogP contribution in [0.5, 0.6) is 5.75 Å². The van der Waals surface area contributed by atoms with E-state index in [1.165, 1.54) is 18.2 Å². The van der Waals surface area contributed by atoms with Gasteiger partial charge >= 0.3 is 5.97 Å². The smallest absolute Gasteiger partial charge is 0.328 e. The number of carbonyl (C=O) groups is 1.